The van der Waals surface area contributed by atoms with Crippen LogP contribution >= 0.6 is 0 Å². The van der Waals surface area contributed by atoms with Crippen LogP contribution in [-0.2, 0) is 0 Å². The molecule has 0 aromatic heterocycles. The molecule has 1 N–H and O–H groups in total. The Labute approximate surface area is 99.0 Å². The molecule has 1 saturated carbocycles. The number of nitro benzene ring substituents is 1. The standard InChI is InChI=1S/C12H14N2O3/c1-8-3-4-9(7-10(8)14(16)17)11(15)13-12(2)5-6-12/h3-4,7H,5-6H2,1-2H3,(H,13,15). The van der Waals surface area contributed by atoms with Crippen LogP contribution in [0.5, 0.6) is 0 Å². The van der Waals surface area contributed by atoms with E-state index in [0.29, 0.717) is 11.1 Å². The molecule has 0 unspecified atom stereocenters. The fourth-order valence-corrected chi connectivity index (χ4v) is 1.61. The molecule has 0 aliphatic heterocycles. The maximum absolute atomic E-state index is 11.9. The van der Waals surface area contributed by atoms with Crippen molar-refractivity contribution < 1.29 is 9.72 Å². The molecule has 1 aromatic carbocycles. The molecule has 1 aromatic rings. The first-order valence-corrected chi connectivity index (χ1v) is 5.49. The molecule has 1 aliphatic rings. The molecule has 0 atom stereocenters. The van der Waals surface area contributed by atoms with Crippen LogP contribution in [0.3, 0.4) is 0 Å². The van der Waals surface area contributed by atoms with Crippen LogP contribution < -0.4 is 5.32 Å². The van der Waals surface area contributed by atoms with E-state index in [1.54, 1.807) is 19.1 Å². The molecule has 0 heterocycles. The van der Waals surface area contributed by atoms with Gasteiger partial charge in [0.15, 0.2) is 0 Å². The molecule has 0 bridgehead atoms. The lowest BCUT2D eigenvalue weighted by Gasteiger charge is -2.11. The lowest BCUT2D eigenvalue weighted by atomic mass is 10.1. The van der Waals surface area contributed by atoms with Crippen LogP contribution in [0.1, 0.15) is 35.7 Å². The second-order valence-corrected chi connectivity index (χ2v) is 4.77. The molecule has 1 aliphatic carbocycles. The summed E-state index contributed by atoms with van der Waals surface area (Å²) in [6.07, 6.45) is 1.93. The molecule has 5 nitrogen and oxygen atoms in total. The Hall–Kier alpha value is -1.91. The first-order chi connectivity index (χ1) is 7.91. The molecule has 0 spiro atoms. The summed E-state index contributed by atoms with van der Waals surface area (Å²) < 4.78 is 0. The van der Waals surface area contributed by atoms with Crippen molar-refractivity contribution in [1.82, 2.24) is 5.32 Å². The predicted octanol–water partition coefficient (Wildman–Crippen LogP) is 2.19. The molecule has 5 heteroatoms. The second kappa shape index (κ2) is 3.84. The molecule has 0 radical (unpaired) electrons. The Kier molecular flexibility index (Phi) is 2.61. The van der Waals surface area contributed by atoms with Crippen LogP contribution in [0.15, 0.2) is 18.2 Å². The van der Waals surface area contributed by atoms with Gasteiger partial charge in [0.05, 0.1) is 4.92 Å². The topological polar surface area (TPSA) is 72.2 Å². The number of benzene rings is 1. The van der Waals surface area contributed by atoms with Gasteiger partial charge in [0.2, 0.25) is 0 Å². The maximum Gasteiger partial charge on any atom is 0.273 e. The summed E-state index contributed by atoms with van der Waals surface area (Å²) in [5, 5.41) is 13.6. The van der Waals surface area contributed by atoms with Crippen LogP contribution in [0.4, 0.5) is 5.69 Å². The van der Waals surface area contributed by atoms with Crippen molar-refractivity contribution in [3.63, 3.8) is 0 Å². The van der Waals surface area contributed by atoms with Crippen molar-refractivity contribution >= 4 is 11.6 Å². The molecule has 90 valence electrons. The van der Waals surface area contributed by atoms with E-state index in [-0.39, 0.29) is 17.1 Å². The number of carbonyl (C=O) groups is 1. The summed E-state index contributed by atoms with van der Waals surface area (Å²) in [5.41, 5.74) is 0.773. The third-order valence-corrected chi connectivity index (χ3v) is 3.08. The van der Waals surface area contributed by atoms with E-state index < -0.39 is 4.92 Å². The third kappa shape index (κ3) is 2.43. The van der Waals surface area contributed by atoms with Gasteiger partial charge in [0.25, 0.3) is 11.6 Å². The van der Waals surface area contributed by atoms with Gasteiger partial charge < -0.3 is 5.32 Å². The quantitative estimate of drug-likeness (QED) is 0.643. The van der Waals surface area contributed by atoms with Gasteiger partial charge >= 0.3 is 0 Å². The first kappa shape index (κ1) is 11.6. The number of hydrogen-bond acceptors (Lipinski definition) is 3. The van der Waals surface area contributed by atoms with Crippen molar-refractivity contribution in [3.8, 4) is 0 Å². The minimum absolute atomic E-state index is 0.0152. The fraction of sp³-hybridized carbons (Fsp3) is 0.417. The molecule has 1 amide bonds. The van der Waals surface area contributed by atoms with Gasteiger partial charge in [-0.2, -0.15) is 0 Å². The van der Waals surface area contributed by atoms with Gasteiger partial charge in [-0.25, -0.2) is 0 Å². The lowest BCUT2D eigenvalue weighted by Crippen LogP contribution is -2.34. The molecule has 17 heavy (non-hydrogen) atoms. The van der Waals surface area contributed by atoms with E-state index in [4.69, 9.17) is 0 Å². The summed E-state index contributed by atoms with van der Waals surface area (Å²) >= 11 is 0. The van der Waals surface area contributed by atoms with E-state index >= 15 is 0 Å². The number of hydrogen-bond donors (Lipinski definition) is 1. The molecular formula is C12H14N2O3. The van der Waals surface area contributed by atoms with Crippen LogP contribution in [0.25, 0.3) is 0 Å². The molecular weight excluding hydrogens is 220 g/mol. The molecule has 2 rings (SSSR count). The third-order valence-electron chi connectivity index (χ3n) is 3.08. The van der Waals surface area contributed by atoms with Gasteiger partial charge in [-0.15, -0.1) is 0 Å². The Balaban J connectivity index is 2.23. The van der Waals surface area contributed by atoms with Gasteiger partial charge in [0.1, 0.15) is 0 Å². The second-order valence-electron chi connectivity index (χ2n) is 4.77. The summed E-state index contributed by atoms with van der Waals surface area (Å²) in [5.74, 6) is -0.242. The van der Waals surface area contributed by atoms with Gasteiger partial charge in [-0.05, 0) is 32.8 Å². The number of carbonyl (C=O) groups excluding carboxylic acids is 1. The first-order valence-electron chi connectivity index (χ1n) is 5.49. The van der Waals surface area contributed by atoms with Crippen molar-refractivity contribution in [2.75, 3.05) is 0 Å². The van der Waals surface area contributed by atoms with Crippen LogP contribution in [0.2, 0.25) is 0 Å². The number of nitrogens with zero attached hydrogens (tertiary/aromatic N) is 1. The minimum Gasteiger partial charge on any atom is -0.347 e. The van der Waals surface area contributed by atoms with E-state index in [1.807, 2.05) is 6.92 Å². The summed E-state index contributed by atoms with van der Waals surface area (Å²) in [7, 11) is 0. The van der Waals surface area contributed by atoms with Gasteiger partial charge in [-0.3, -0.25) is 14.9 Å². The monoisotopic (exact) mass is 234 g/mol. The van der Waals surface area contributed by atoms with Gasteiger partial charge in [-0.1, -0.05) is 6.07 Å². The van der Waals surface area contributed by atoms with Crippen molar-refractivity contribution in [1.29, 1.82) is 0 Å². The largest absolute Gasteiger partial charge is 0.347 e. The van der Waals surface area contributed by atoms with Crippen LogP contribution in [-0.4, -0.2) is 16.4 Å². The average molecular weight is 234 g/mol. The number of nitrogens with one attached hydrogen (secondary N) is 1. The zero-order valence-corrected chi connectivity index (χ0v) is 9.82. The summed E-state index contributed by atoms with van der Waals surface area (Å²) in [6, 6.07) is 4.54. The van der Waals surface area contributed by atoms with E-state index in [1.165, 1.54) is 6.07 Å². The number of rotatable bonds is 3. The van der Waals surface area contributed by atoms with Crippen molar-refractivity contribution in [3.05, 3.63) is 39.4 Å². The SMILES string of the molecule is Cc1ccc(C(=O)NC2(C)CC2)cc1[N+](=O)[O-]. The smallest absolute Gasteiger partial charge is 0.273 e. The highest BCUT2D eigenvalue weighted by atomic mass is 16.6. The highest BCUT2D eigenvalue weighted by Crippen LogP contribution is 2.34. The van der Waals surface area contributed by atoms with E-state index in [2.05, 4.69) is 5.32 Å². The highest BCUT2D eigenvalue weighted by Gasteiger charge is 2.38. The van der Waals surface area contributed by atoms with Gasteiger partial charge in [0, 0.05) is 22.7 Å². The summed E-state index contributed by atoms with van der Waals surface area (Å²) in [6.45, 7) is 3.62. The zero-order chi connectivity index (χ0) is 12.6. The number of amides is 1. The molecule has 0 saturated heterocycles. The van der Waals surface area contributed by atoms with Crippen molar-refractivity contribution in [2.24, 2.45) is 0 Å². The lowest BCUT2D eigenvalue weighted by molar-refractivity contribution is -0.385. The minimum atomic E-state index is -0.467. The summed E-state index contributed by atoms with van der Waals surface area (Å²) in [4.78, 5) is 22.2. The zero-order valence-electron chi connectivity index (χ0n) is 9.82. The number of nitro groups is 1. The maximum atomic E-state index is 11.9. The average Bonchev–Trinajstić information content (AvgIpc) is 2.96. The highest BCUT2D eigenvalue weighted by molar-refractivity contribution is 5.95. The predicted molar refractivity (Wildman–Crippen MR) is 62.9 cm³/mol. The van der Waals surface area contributed by atoms with E-state index in [9.17, 15) is 14.9 Å². The number of aryl methyl sites for hydroxylation is 1. The van der Waals surface area contributed by atoms with Crippen molar-refractivity contribution in [2.45, 2.75) is 32.2 Å². The fourth-order valence-electron chi connectivity index (χ4n) is 1.61. The van der Waals surface area contributed by atoms with Crippen LogP contribution in [0, 0.1) is 17.0 Å². The molecule has 1 fully saturated rings. The Morgan fingerprint density at radius 2 is 2.12 bits per heavy atom. The Morgan fingerprint density at radius 1 is 1.47 bits per heavy atom. The Morgan fingerprint density at radius 3 is 2.65 bits per heavy atom. The normalized spacial score (nSPS) is 16.4. The van der Waals surface area contributed by atoms with E-state index in [0.717, 1.165) is 12.8 Å². The Bertz CT molecular complexity index is 493.